The molecule has 1 aliphatic rings. The van der Waals surface area contributed by atoms with Crippen molar-refractivity contribution >= 4 is 44.6 Å². The van der Waals surface area contributed by atoms with Gasteiger partial charge in [0.1, 0.15) is 4.21 Å². The number of carbonyl (C=O) groups is 1. The Morgan fingerprint density at radius 3 is 2.86 bits per heavy atom. The van der Waals surface area contributed by atoms with E-state index in [1.54, 1.807) is 29.6 Å². The van der Waals surface area contributed by atoms with Gasteiger partial charge in [-0.15, -0.1) is 11.3 Å². The highest BCUT2D eigenvalue weighted by Gasteiger charge is 2.26. The molecule has 0 aliphatic heterocycles. The molecule has 3 aromatic rings. The molecule has 8 nitrogen and oxygen atoms in total. The van der Waals surface area contributed by atoms with Crippen molar-refractivity contribution in [2.45, 2.75) is 29.4 Å². The number of nitrogens with zero attached hydrogens (tertiary/aromatic N) is 2. The van der Waals surface area contributed by atoms with E-state index < -0.39 is 22.5 Å². The van der Waals surface area contributed by atoms with Gasteiger partial charge in [0.25, 0.3) is 10.0 Å². The van der Waals surface area contributed by atoms with Crippen LogP contribution in [-0.2, 0) is 14.8 Å². The molecule has 152 valence electrons. The standard InChI is InChI=1S/C18H17ClN4O4S2/c19-13-5-2-6-14(8-13)21-15(24)9-20-29(25,26)16-7-12(10-28-16)17-22-18(27-23-17)11-3-1-4-11/h2,5-8,10-11,20H,1,3-4,9H2,(H,21,24). The van der Waals surface area contributed by atoms with Gasteiger partial charge >= 0.3 is 0 Å². The number of hydrogen-bond acceptors (Lipinski definition) is 7. The lowest BCUT2D eigenvalue weighted by molar-refractivity contribution is -0.115. The third kappa shape index (κ3) is 4.67. The van der Waals surface area contributed by atoms with Crippen LogP contribution in [0.25, 0.3) is 11.4 Å². The summed E-state index contributed by atoms with van der Waals surface area (Å²) in [6, 6.07) is 8.06. The predicted octanol–water partition coefficient (Wildman–Crippen LogP) is 3.64. The van der Waals surface area contributed by atoms with Crippen LogP contribution < -0.4 is 10.0 Å². The topological polar surface area (TPSA) is 114 Å². The Bertz CT molecular complexity index is 1140. The van der Waals surface area contributed by atoms with Gasteiger partial charge in [0.2, 0.25) is 17.6 Å². The molecule has 11 heteroatoms. The smallest absolute Gasteiger partial charge is 0.250 e. The summed E-state index contributed by atoms with van der Waals surface area (Å²) < 4.78 is 32.6. The van der Waals surface area contributed by atoms with Gasteiger partial charge in [-0.1, -0.05) is 29.2 Å². The molecule has 0 bridgehead atoms. The molecule has 29 heavy (non-hydrogen) atoms. The first-order chi connectivity index (χ1) is 13.9. The first kappa shape index (κ1) is 20.0. The third-order valence-electron chi connectivity index (χ3n) is 4.53. The van der Waals surface area contributed by atoms with Gasteiger partial charge < -0.3 is 9.84 Å². The Labute approximate surface area is 176 Å². The summed E-state index contributed by atoms with van der Waals surface area (Å²) in [5.74, 6) is 0.759. The van der Waals surface area contributed by atoms with E-state index in [1.807, 2.05) is 0 Å². The Balaban J connectivity index is 1.38. The van der Waals surface area contributed by atoms with Crippen molar-refractivity contribution in [3.05, 3.63) is 46.6 Å². The predicted molar refractivity (Wildman–Crippen MR) is 109 cm³/mol. The number of hydrogen-bond donors (Lipinski definition) is 2. The van der Waals surface area contributed by atoms with Crippen LogP contribution in [-0.4, -0.2) is 31.0 Å². The molecular formula is C18H17ClN4O4S2. The SMILES string of the molecule is O=C(CNS(=O)(=O)c1cc(-c2noc(C3CCC3)n2)cs1)Nc1cccc(Cl)c1. The Morgan fingerprint density at radius 2 is 2.14 bits per heavy atom. The molecule has 2 N–H and O–H groups in total. The number of rotatable bonds is 7. The Hall–Kier alpha value is -2.27. The summed E-state index contributed by atoms with van der Waals surface area (Å²) in [5, 5.41) is 8.64. The molecule has 1 amide bonds. The Morgan fingerprint density at radius 1 is 1.31 bits per heavy atom. The lowest BCUT2D eigenvalue weighted by Gasteiger charge is -2.20. The van der Waals surface area contributed by atoms with E-state index in [0.29, 0.717) is 33.9 Å². The van der Waals surface area contributed by atoms with E-state index in [1.165, 1.54) is 6.07 Å². The van der Waals surface area contributed by atoms with Gasteiger partial charge in [-0.25, -0.2) is 13.1 Å². The second-order valence-corrected chi connectivity index (χ2v) is 9.96. The average Bonchev–Trinajstić information content (AvgIpc) is 3.28. The van der Waals surface area contributed by atoms with E-state index in [2.05, 4.69) is 20.2 Å². The maximum Gasteiger partial charge on any atom is 0.250 e. The normalized spacial score (nSPS) is 14.5. The van der Waals surface area contributed by atoms with Gasteiger partial charge in [-0.05, 0) is 37.1 Å². The molecule has 0 unspecified atom stereocenters. The number of amides is 1. The van der Waals surface area contributed by atoms with Crippen molar-refractivity contribution in [1.29, 1.82) is 0 Å². The van der Waals surface area contributed by atoms with Gasteiger partial charge in [0.05, 0.1) is 6.54 Å². The summed E-state index contributed by atoms with van der Waals surface area (Å²) in [4.78, 5) is 16.4. The van der Waals surface area contributed by atoms with Crippen molar-refractivity contribution in [1.82, 2.24) is 14.9 Å². The molecule has 1 fully saturated rings. The summed E-state index contributed by atoms with van der Waals surface area (Å²) >= 11 is 6.89. The zero-order valence-electron chi connectivity index (χ0n) is 15.1. The van der Waals surface area contributed by atoms with Crippen molar-refractivity contribution < 1.29 is 17.7 Å². The van der Waals surface area contributed by atoms with Gasteiger partial charge in [0, 0.05) is 27.6 Å². The van der Waals surface area contributed by atoms with Crippen molar-refractivity contribution in [3.63, 3.8) is 0 Å². The molecule has 0 radical (unpaired) electrons. The fourth-order valence-electron chi connectivity index (χ4n) is 2.75. The zero-order valence-corrected chi connectivity index (χ0v) is 17.5. The zero-order chi connectivity index (χ0) is 20.4. The molecule has 0 spiro atoms. The second-order valence-electron chi connectivity index (χ2n) is 6.62. The highest BCUT2D eigenvalue weighted by Crippen LogP contribution is 2.36. The van der Waals surface area contributed by atoms with Crippen LogP contribution in [0.3, 0.4) is 0 Å². The molecule has 1 aliphatic carbocycles. The molecule has 1 saturated carbocycles. The van der Waals surface area contributed by atoms with E-state index in [9.17, 15) is 13.2 Å². The number of anilines is 1. The van der Waals surface area contributed by atoms with Crippen LogP contribution >= 0.6 is 22.9 Å². The van der Waals surface area contributed by atoms with E-state index in [0.717, 1.165) is 30.6 Å². The molecule has 0 saturated heterocycles. The van der Waals surface area contributed by atoms with Crippen molar-refractivity contribution in [2.24, 2.45) is 0 Å². The van der Waals surface area contributed by atoms with Crippen molar-refractivity contribution in [3.8, 4) is 11.4 Å². The minimum atomic E-state index is -3.85. The highest BCUT2D eigenvalue weighted by atomic mass is 35.5. The summed E-state index contributed by atoms with van der Waals surface area (Å²) in [7, 11) is -3.85. The molecule has 2 aromatic heterocycles. The molecule has 4 rings (SSSR count). The number of benzene rings is 1. The number of sulfonamides is 1. The Kier molecular flexibility index (Phi) is 5.68. The van der Waals surface area contributed by atoms with Crippen LogP contribution in [0.2, 0.25) is 5.02 Å². The lowest BCUT2D eigenvalue weighted by Crippen LogP contribution is -2.32. The van der Waals surface area contributed by atoms with Gasteiger partial charge in [-0.3, -0.25) is 4.79 Å². The minimum absolute atomic E-state index is 0.0676. The monoisotopic (exact) mass is 452 g/mol. The molecule has 1 aromatic carbocycles. The first-order valence-electron chi connectivity index (χ1n) is 8.88. The highest BCUT2D eigenvalue weighted by molar-refractivity contribution is 7.91. The maximum absolute atomic E-state index is 12.5. The summed E-state index contributed by atoms with van der Waals surface area (Å²) in [6.45, 7) is -0.407. The van der Waals surface area contributed by atoms with E-state index in [4.69, 9.17) is 16.1 Å². The summed E-state index contributed by atoms with van der Waals surface area (Å²) in [5.41, 5.74) is 1.05. The molecular weight excluding hydrogens is 436 g/mol. The van der Waals surface area contributed by atoms with Gasteiger partial charge in [0.15, 0.2) is 0 Å². The third-order valence-corrected chi connectivity index (χ3v) is 7.60. The van der Waals surface area contributed by atoms with Crippen LogP contribution in [0.5, 0.6) is 0 Å². The number of aromatic nitrogens is 2. The van der Waals surface area contributed by atoms with Crippen LogP contribution in [0, 0.1) is 0 Å². The lowest BCUT2D eigenvalue weighted by atomic mass is 9.85. The molecule has 2 heterocycles. The number of nitrogens with one attached hydrogen (secondary N) is 2. The fourth-order valence-corrected chi connectivity index (χ4v) is 5.13. The van der Waals surface area contributed by atoms with Crippen LogP contribution in [0.4, 0.5) is 5.69 Å². The minimum Gasteiger partial charge on any atom is -0.339 e. The van der Waals surface area contributed by atoms with Gasteiger partial charge in [-0.2, -0.15) is 4.98 Å². The van der Waals surface area contributed by atoms with E-state index >= 15 is 0 Å². The number of thiophene rings is 1. The quantitative estimate of drug-likeness (QED) is 0.565. The largest absolute Gasteiger partial charge is 0.339 e. The number of halogens is 1. The number of carbonyl (C=O) groups excluding carboxylic acids is 1. The average molecular weight is 453 g/mol. The maximum atomic E-state index is 12.5. The first-order valence-corrected chi connectivity index (χ1v) is 11.6. The van der Waals surface area contributed by atoms with E-state index in [-0.39, 0.29) is 4.21 Å². The van der Waals surface area contributed by atoms with Crippen LogP contribution in [0.15, 0.2) is 44.4 Å². The summed E-state index contributed by atoms with van der Waals surface area (Å²) in [6.07, 6.45) is 3.22. The fraction of sp³-hybridized carbons (Fsp3) is 0.278. The molecule has 0 atom stereocenters. The van der Waals surface area contributed by atoms with Crippen LogP contribution in [0.1, 0.15) is 31.1 Å². The van der Waals surface area contributed by atoms with Crippen molar-refractivity contribution in [2.75, 3.05) is 11.9 Å². The second kappa shape index (κ2) is 8.23.